The van der Waals surface area contributed by atoms with E-state index in [2.05, 4.69) is 23.2 Å². The fraction of sp³-hybridized carbons (Fsp3) is 0.160. The minimum absolute atomic E-state index is 0.0820. The number of rotatable bonds is 6. The Balaban J connectivity index is 1.71. The van der Waals surface area contributed by atoms with Gasteiger partial charge in [0.2, 0.25) is 0 Å². The largest absolute Gasteiger partial charge is 0.293 e. The third-order valence-corrected chi connectivity index (χ3v) is 6.30. The molecule has 1 aromatic heterocycles. The number of halogens is 1. The number of thioether (sulfide) groups is 1. The fourth-order valence-corrected chi connectivity index (χ4v) is 4.38. The lowest BCUT2D eigenvalue weighted by Gasteiger charge is -2.13. The lowest BCUT2D eigenvalue weighted by Crippen LogP contribution is -2.07. The summed E-state index contributed by atoms with van der Waals surface area (Å²) in [4.78, 5) is 12.9. The van der Waals surface area contributed by atoms with E-state index in [1.54, 1.807) is 0 Å². The van der Waals surface area contributed by atoms with Crippen LogP contribution in [0.3, 0.4) is 0 Å². The van der Waals surface area contributed by atoms with Crippen molar-refractivity contribution in [2.45, 2.75) is 25.9 Å². The molecule has 0 saturated heterocycles. The van der Waals surface area contributed by atoms with Gasteiger partial charge in [-0.05, 0) is 68.3 Å². The van der Waals surface area contributed by atoms with Crippen LogP contribution in [0.25, 0.3) is 17.1 Å². The molecule has 6 heteroatoms. The number of aromatic nitrogens is 3. The van der Waals surface area contributed by atoms with Crippen LogP contribution in [-0.2, 0) is 0 Å². The standard InChI is InChI=1S/C25H22ClN3OS/c1-16-8-9-17(2)21(14-16)23(30)15-31-25-28-27-24(19-10-12-20(26)13-11-19)29(25)22-7-5-4-6-18(22)3/h4-14H,15H2,1-3H3. The van der Waals surface area contributed by atoms with Crippen LogP contribution in [0.1, 0.15) is 27.0 Å². The highest BCUT2D eigenvalue weighted by atomic mass is 35.5. The van der Waals surface area contributed by atoms with Gasteiger partial charge in [0.05, 0.1) is 11.4 Å². The molecule has 1 heterocycles. The molecule has 0 saturated carbocycles. The zero-order valence-electron chi connectivity index (χ0n) is 17.6. The predicted octanol–water partition coefficient (Wildman–Crippen LogP) is 6.49. The van der Waals surface area contributed by atoms with E-state index in [1.165, 1.54) is 11.8 Å². The van der Waals surface area contributed by atoms with Crippen LogP contribution in [-0.4, -0.2) is 26.3 Å². The Bertz CT molecular complexity index is 1250. The lowest BCUT2D eigenvalue weighted by atomic mass is 10.0. The van der Waals surface area contributed by atoms with Crippen LogP contribution in [0.5, 0.6) is 0 Å². The molecule has 0 radical (unpaired) electrons. The maximum Gasteiger partial charge on any atom is 0.196 e. The average molecular weight is 448 g/mol. The van der Waals surface area contributed by atoms with Gasteiger partial charge in [0, 0.05) is 16.1 Å². The van der Waals surface area contributed by atoms with Crippen molar-refractivity contribution in [2.24, 2.45) is 0 Å². The minimum Gasteiger partial charge on any atom is -0.293 e. The van der Waals surface area contributed by atoms with Crippen LogP contribution < -0.4 is 0 Å². The number of benzene rings is 3. The van der Waals surface area contributed by atoms with E-state index in [9.17, 15) is 4.79 Å². The summed E-state index contributed by atoms with van der Waals surface area (Å²) in [5.74, 6) is 1.08. The van der Waals surface area contributed by atoms with Crippen molar-refractivity contribution in [3.8, 4) is 17.1 Å². The van der Waals surface area contributed by atoms with Crippen molar-refractivity contribution < 1.29 is 4.79 Å². The Morgan fingerprint density at radius 3 is 2.42 bits per heavy atom. The number of Topliss-reactive ketones (excluding diaryl/α,β-unsaturated/α-hetero) is 1. The molecule has 0 spiro atoms. The number of hydrogen-bond acceptors (Lipinski definition) is 4. The average Bonchev–Trinajstić information content (AvgIpc) is 3.18. The molecule has 0 bridgehead atoms. The van der Waals surface area contributed by atoms with Gasteiger partial charge in [-0.25, -0.2) is 0 Å². The lowest BCUT2D eigenvalue weighted by molar-refractivity contribution is 0.102. The highest BCUT2D eigenvalue weighted by molar-refractivity contribution is 7.99. The number of ketones is 1. The number of para-hydroxylation sites is 1. The minimum atomic E-state index is 0.0820. The van der Waals surface area contributed by atoms with Crippen molar-refractivity contribution in [3.05, 3.63) is 94.0 Å². The normalized spacial score (nSPS) is 11.0. The second kappa shape index (κ2) is 9.08. The van der Waals surface area contributed by atoms with Crippen molar-refractivity contribution in [1.29, 1.82) is 0 Å². The number of aryl methyl sites for hydroxylation is 3. The molecule has 0 amide bonds. The highest BCUT2D eigenvalue weighted by Crippen LogP contribution is 2.30. The Morgan fingerprint density at radius 2 is 1.68 bits per heavy atom. The summed E-state index contributed by atoms with van der Waals surface area (Å²) in [7, 11) is 0. The summed E-state index contributed by atoms with van der Waals surface area (Å²) in [6.07, 6.45) is 0. The third-order valence-electron chi connectivity index (χ3n) is 5.12. The molecule has 156 valence electrons. The topological polar surface area (TPSA) is 47.8 Å². The van der Waals surface area contributed by atoms with Crippen LogP contribution in [0, 0.1) is 20.8 Å². The molecule has 0 fully saturated rings. The quantitative estimate of drug-likeness (QED) is 0.250. The summed E-state index contributed by atoms with van der Waals surface area (Å²) >= 11 is 7.47. The van der Waals surface area contributed by atoms with Gasteiger partial charge in [0.1, 0.15) is 0 Å². The maximum atomic E-state index is 12.9. The first-order valence-corrected chi connectivity index (χ1v) is 11.3. The second-order valence-corrected chi connectivity index (χ2v) is 8.84. The number of carbonyl (C=O) groups is 1. The van der Waals surface area contributed by atoms with Crippen LogP contribution in [0.15, 0.2) is 71.9 Å². The Morgan fingerprint density at radius 1 is 0.935 bits per heavy atom. The van der Waals surface area contributed by atoms with E-state index in [-0.39, 0.29) is 11.5 Å². The molecule has 3 aromatic carbocycles. The first kappa shape index (κ1) is 21.3. The van der Waals surface area contributed by atoms with E-state index in [0.29, 0.717) is 16.0 Å². The molecular weight excluding hydrogens is 426 g/mol. The summed E-state index contributed by atoms with van der Waals surface area (Å²) in [5, 5.41) is 10.2. The van der Waals surface area contributed by atoms with Crippen molar-refractivity contribution in [1.82, 2.24) is 14.8 Å². The highest BCUT2D eigenvalue weighted by Gasteiger charge is 2.19. The van der Waals surface area contributed by atoms with E-state index >= 15 is 0 Å². The number of hydrogen-bond donors (Lipinski definition) is 0. The number of nitrogens with zero attached hydrogens (tertiary/aromatic N) is 3. The molecule has 4 rings (SSSR count). The van der Waals surface area contributed by atoms with Gasteiger partial charge in [-0.3, -0.25) is 9.36 Å². The van der Waals surface area contributed by atoms with Gasteiger partial charge in [-0.2, -0.15) is 0 Å². The van der Waals surface area contributed by atoms with Gasteiger partial charge in [-0.1, -0.05) is 59.3 Å². The molecule has 0 aliphatic heterocycles. The first-order valence-electron chi connectivity index (χ1n) is 9.94. The van der Waals surface area contributed by atoms with E-state index in [0.717, 1.165) is 33.5 Å². The zero-order valence-corrected chi connectivity index (χ0v) is 19.2. The summed E-state index contributed by atoms with van der Waals surface area (Å²) < 4.78 is 2.01. The van der Waals surface area contributed by atoms with Crippen LogP contribution >= 0.6 is 23.4 Å². The maximum absolute atomic E-state index is 12.9. The van der Waals surface area contributed by atoms with Crippen molar-refractivity contribution >= 4 is 29.1 Å². The molecular formula is C25H22ClN3OS. The Hall–Kier alpha value is -2.89. The molecule has 0 N–H and O–H groups in total. The molecule has 4 nitrogen and oxygen atoms in total. The van der Waals surface area contributed by atoms with Gasteiger partial charge >= 0.3 is 0 Å². The number of carbonyl (C=O) groups excluding carboxylic acids is 1. The molecule has 0 atom stereocenters. The molecule has 4 aromatic rings. The fourth-order valence-electron chi connectivity index (χ4n) is 3.42. The smallest absolute Gasteiger partial charge is 0.196 e. The summed E-state index contributed by atoms with van der Waals surface area (Å²) in [6.45, 7) is 6.01. The molecule has 0 aliphatic carbocycles. The van der Waals surface area contributed by atoms with Gasteiger partial charge < -0.3 is 0 Å². The van der Waals surface area contributed by atoms with E-state index < -0.39 is 0 Å². The SMILES string of the molecule is Cc1ccc(C)c(C(=O)CSc2nnc(-c3ccc(Cl)cc3)n2-c2ccccc2C)c1. The van der Waals surface area contributed by atoms with E-state index in [1.807, 2.05) is 79.1 Å². The summed E-state index contributed by atoms with van der Waals surface area (Å²) in [6, 6.07) is 21.6. The zero-order chi connectivity index (χ0) is 22.0. The molecule has 31 heavy (non-hydrogen) atoms. The Labute approximate surface area is 191 Å². The second-order valence-electron chi connectivity index (χ2n) is 7.47. The van der Waals surface area contributed by atoms with Crippen LogP contribution in [0.2, 0.25) is 5.02 Å². The monoisotopic (exact) mass is 447 g/mol. The van der Waals surface area contributed by atoms with Crippen molar-refractivity contribution in [3.63, 3.8) is 0 Å². The summed E-state index contributed by atoms with van der Waals surface area (Å²) in [5.41, 5.74) is 5.81. The molecule has 0 aliphatic rings. The van der Waals surface area contributed by atoms with E-state index in [4.69, 9.17) is 11.6 Å². The van der Waals surface area contributed by atoms with Crippen molar-refractivity contribution in [2.75, 3.05) is 5.75 Å². The van der Waals surface area contributed by atoms with Gasteiger partial charge in [0.25, 0.3) is 0 Å². The molecule has 0 unspecified atom stereocenters. The van der Waals surface area contributed by atoms with Crippen LogP contribution in [0.4, 0.5) is 0 Å². The first-order chi connectivity index (χ1) is 14.9. The van der Waals surface area contributed by atoms with Gasteiger partial charge in [-0.15, -0.1) is 10.2 Å². The van der Waals surface area contributed by atoms with Gasteiger partial charge in [0.15, 0.2) is 16.8 Å². The Kier molecular flexibility index (Phi) is 6.25. The predicted molar refractivity (Wildman–Crippen MR) is 128 cm³/mol. The third kappa shape index (κ3) is 4.58.